The van der Waals surface area contributed by atoms with Crippen molar-refractivity contribution in [2.24, 2.45) is 0 Å². The van der Waals surface area contributed by atoms with E-state index >= 15 is 0 Å². The Bertz CT molecular complexity index is 432. The van der Waals surface area contributed by atoms with Crippen LogP contribution >= 0.6 is 0 Å². The molecule has 1 aromatic rings. The predicted octanol–water partition coefficient (Wildman–Crippen LogP) is 3.07. The molecule has 92 valence electrons. The number of rotatable bonds is 3. The van der Waals surface area contributed by atoms with Crippen molar-refractivity contribution in [1.82, 2.24) is 0 Å². The molecular weight excluding hydrogens is 237 g/mol. The number of hydrogen-bond donors (Lipinski definition) is 1. The van der Waals surface area contributed by atoms with Crippen molar-refractivity contribution in [3.63, 3.8) is 0 Å². The minimum Gasteiger partial charge on any atom is -0.475 e. The second-order valence-electron chi connectivity index (χ2n) is 3.08. The van der Waals surface area contributed by atoms with Gasteiger partial charge < -0.3 is 9.84 Å². The van der Waals surface area contributed by atoms with Crippen molar-refractivity contribution in [3.8, 4) is 5.75 Å². The van der Waals surface area contributed by atoms with Gasteiger partial charge in [0.05, 0.1) is 5.56 Å². The van der Waals surface area contributed by atoms with Crippen molar-refractivity contribution in [2.75, 3.05) is 0 Å². The number of halogens is 3. The molecule has 0 heterocycles. The molecule has 0 radical (unpaired) electrons. The summed E-state index contributed by atoms with van der Waals surface area (Å²) in [6, 6.07) is 3.78. The van der Waals surface area contributed by atoms with Crippen molar-refractivity contribution in [1.29, 1.82) is 0 Å². The van der Waals surface area contributed by atoms with E-state index in [0.29, 0.717) is 0 Å². The van der Waals surface area contributed by atoms with E-state index in [0.717, 1.165) is 24.3 Å². The lowest BCUT2D eigenvalue weighted by molar-refractivity contribution is -0.138. The van der Waals surface area contributed by atoms with Crippen LogP contribution in [0.5, 0.6) is 5.75 Å². The topological polar surface area (TPSA) is 46.5 Å². The third-order valence-electron chi connectivity index (χ3n) is 1.88. The first-order valence-electron chi connectivity index (χ1n) is 4.59. The van der Waals surface area contributed by atoms with Gasteiger partial charge in [0.25, 0.3) is 0 Å². The fourth-order valence-corrected chi connectivity index (χ4v) is 1.06. The standard InChI is InChI=1S/C11H9F3O3/c1-2-9(10(15)16)17-8-5-3-7(4-6-8)11(12,13)14/h2-6H,1H3,(H,15,16). The van der Waals surface area contributed by atoms with Crippen molar-refractivity contribution in [2.45, 2.75) is 13.1 Å². The highest BCUT2D eigenvalue weighted by atomic mass is 19.4. The summed E-state index contributed by atoms with van der Waals surface area (Å²) in [7, 11) is 0. The van der Waals surface area contributed by atoms with Gasteiger partial charge in [-0.25, -0.2) is 4.79 Å². The van der Waals surface area contributed by atoms with Crippen LogP contribution in [0.3, 0.4) is 0 Å². The van der Waals surface area contributed by atoms with Gasteiger partial charge in [-0.15, -0.1) is 0 Å². The summed E-state index contributed by atoms with van der Waals surface area (Å²) >= 11 is 0. The summed E-state index contributed by atoms with van der Waals surface area (Å²) in [6.45, 7) is 1.45. The Labute approximate surface area is 95.1 Å². The lowest BCUT2D eigenvalue weighted by Crippen LogP contribution is -2.08. The third kappa shape index (κ3) is 3.51. The Balaban J connectivity index is 2.86. The molecule has 0 aliphatic rings. The van der Waals surface area contributed by atoms with E-state index < -0.39 is 17.7 Å². The summed E-state index contributed by atoms with van der Waals surface area (Å²) in [6.07, 6.45) is -3.21. The van der Waals surface area contributed by atoms with E-state index in [-0.39, 0.29) is 11.5 Å². The quantitative estimate of drug-likeness (QED) is 0.658. The zero-order valence-electron chi connectivity index (χ0n) is 8.78. The van der Waals surface area contributed by atoms with Crippen LogP contribution in [0.2, 0.25) is 0 Å². The van der Waals surface area contributed by atoms with E-state index in [1.165, 1.54) is 13.0 Å². The van der Waals surface area contributed by atoms with Crippen molar-refractivity contribution < 1.29 is 27.8 Å². The Morgan fingerprint density at radius 1 is 1.29 bits per heavy atom. The largest absolute Gasteiger partial charge is 0.475 e. The van der Waals surface area contributed by atoms with Gasteiger partial charge in [0, 0.05) is 0 Å². The molecule has 0 bridgehead atoms. The molecular formula is C11H9F3O3. The normalized spacial score (nSPS) is 12.4. The summed E-state index contributed by atoms with van der Waals surface area (Å²) in [5.41, 5.74) is -0.817. The maximum atomic E-state index is 12.2. The Hall–Kier alpha value is -1.98. The van der Waals surface area contributed by atoms with Crippen LogP contribution in [0.4, 0.5) is 13.2 Å². The van der Waals surface area contributed by atoms with Crippen LogP contribution < -0.4 is 4.74 Å². The molecule has 0 saturated carbocycles. The van der Waals surface area contributed by atoms with Gasteiger partial charge in [-0.2, -0.15) is 13.2 Å². The molecule has 0 amide bonds. The van der Waals surface area contributed by atoms with E-state index in [9.17, 15) is 18.0 Å². The number of carboxylic acids is 1. The maximum absolute atomic E-state index is 12.2. The fraction of sp³-hybridized carbons (Fsp3) is 0.182. The average Bonchev–Trinajstić information content (AvgIpc) is 2.25. The highest BCUT2D eigenvalue weighted by Crippen LogP contribution is 2.30. The van der Waals surface area contributed by atoms with Crippen LogP contribution in [-0.2, 0) is 11.0 Å². The molecule has 1 aromatic carbocycles. The molecule has 6 heteroatoms. The molecule has 3 nitrogen and oxygen atoms in total. The Kier molecular flexibility index (Phi) is 3.77. The molecule has 0 aromatic heterocycles. The molecule has 0 aliphatic heterocycles. The van der Waals surface area contributed by atoms with E-state index in [1.807, 2.05) is 0 Å². The lowest BCUT2D eigenvalue weighted by atomic mass is 10.2. The van der Waals surface area contributed by atoms with Crippen LogP contribution in [0.25, 0.3) is 0 Å². The first kappa shape index (κ1) is 13.1. The van der Waals surface area contributed by atoms with Gasteiger partial charge in [-0.3, -0.25) is 0 Å². The molecule has 0 aliphatic carbocycles. The Morgan fingerprint density at radius 2 is 1.82 bits per heavy atom. The zero-order valence-corrected chi connectivity index (χ0v) is 8.78. The monoisotopic (exact) mass is 246 g/mol. The van der Waals surface area contributed by atoms with Crippen LogP contribution in [0.1, 0.15) is 12.5 Å². The molecule has 0 spiro atoms. The van der Waals surface area contributed by atoms with Crippen LogP contribution in [0.15, 0.2) is 36.1 Å². The second kappa shape index (κ2) is 4.90. The zero-order chi connectivity index (χ0) is 13.1. The number of alkyl halides is 3. The first-order valence-corrected chi connectivity index (χ1v) is 4.59. The molecule has 17 heavy (non-hydrogen) atoms. The predicted molar refractivity (Wildman–Crippen MR) is 53.5 cm³/mol. The van der Waals surface area contributed by atoms with E-state index in [2.05, 4.69) is 0 Å². The van der Waals surface area contributed by atoms with Crippen molar-refractivity contribution in [3.05, 3.63) is 41.7 Å². The lowest BCUT2D eigenvalue weighted by Gasteiger charge is -2.08. The molecule has 0 atom stereocenters. The van der Waals surface area contributed by atoms with Crippen molar-refractivity contribution >= 4 is 5.97 Å². The number of carbonyl (C=O) groups is 1. The molecule has 0 fully saturated rings. The average molecular weight is 246 g/mol. The summed E-state index contributed by atoms with van der Waals surface area (Å²) in [4.78, 5) is 10.6. The van der Waals surface area contributed by atoms with Gasteiger partial charge in [-0.05, 0) is 37.3 Å². The minimum absolute atomic E-state index is 0.0356. The minimum atomic E-state index is -4.42. The number of hydrogen-bond acceptors (Lipinski definition) is 2. The van der Waals surface area contributed by atoms with Crippen LogP contribution in [0, 0.1) is 0 Å². The van der Waals surface area contributed by atoms with Gasteiger partial charge in [0.2, 0.25) is 5.76 Å². The van der Waals surface area contributed by atoms with E-state index in [1.54, 1.807) is 0 Å². The molecule has 0 unspecified atom stereocenters. The van der Waals surface area contributed by atoms with Crippen LogP contribution in [-0.4, -0.2) is 11.1 Å². The number of allylic oxidation sites excluding steroid dienone is 1. The highest BCUT2D eigenvalue weighted by Gasteiger charge is 2.30. The fourth-order valence-electron chi connectivity index (χ4n) is 1.06. The molecule has 1 N–H and O–H groups in total. The SMILES string of the molecule is CC=C(Oc1ccc(C(F)(F)F)cc1)C(=O)O. The number of ether oxygens (including phenoxy) is 1. The summed E-state index contributed by atoms with van der Waals surface area (Å²) in [5, 5.41) is 8.65. The van der Waals surface area contributed by atoms with Gasteiger partial charge >= 0.3 is 12.1 Å². The smallest absolute Gasteiger partial charge is 0.416 e. The highest BCUT2D eigenvalue weighted by molar-refractivity contribution is 5.84. The molecule has 1 rings (SSSR count). The summed E-state index contributed by atoms with van der Waals surface area (Å²) < 4.78 is 41.6. The van der Waals surface area contributed by atoms with Gasteiger partial charge in [0.15, 0.2) is 0 Å². The second-order valence-corrected chi connectivity index (χ2v) is 3.08. The van der Waals surface area contributed by atoms with E-state index in [4.69, 9.17) is 9.84 Å². The Morgan fingerprint density at radius 3 is 2.18 bits per heavy atom. The van der Waals surface area contributed by atoms with Gasteiger partial charge in [-0.1, -0.05) is 0 Å². The first-order chi connectivity index (χ1) is 7.84. The number of benzene rings is 1. The number of aliphatic carboxylic acids is 1. The van der Waals surface area contributed by atoms with Gasteiger partial charge in [0.1, 0.15) is 5.75 Å². The summed E-state index contributed by atoms with van der Waals surface area (Å²) in [5.74, 6) is -1.59. The third-order valence-corrected chi connectivity index (χ3v) is 1.88. The number of carboxylic acid groups (broad SMARTS) is 1. The maximum Gasteiger partial charge on any atom is 0.416 e. The molecule has 0 saturated heterocycles.